The molecular formula is C23H34N5O4+. The summed E-state index contributed by atoms with van der Waals surface area (Å²) in [7, 11) is 0. The number of nitrogens with two attached hydrogens (primary N) is 2. The summed E-state index contributed by atoms with van der Waals surface area (Å²) in [5.41, 5.74) is 6.11. The van der Waals surface area contributed by atoms with Crippen LogP contribution in [0.3, 0.4) is 0 Å². The Morgan fingerprint density at radius 2 is 1.97 bits per heavy atom. The first-order chi connectivity index (χ1) is 15.1. The molecule has 1 aliphatic carbocycles. The molecule has 174 valence electrons. The van der Waals surface area contributed by atoms with Crippen molar-refractivity contribution in [3.05, 3.63) is 29.8 Å². The third kappa shape index (κ3) is 5.64. The molecule has 0 radical (unpaired) electrons. The summed E-state index contributed by atoms with van der Waals surface area (Å²) < 4.78 is 0. The minimum atomic E-state index is -0.738. The number of likely N-dealkylation sites (tertiary alicyclic amines) is 1. The van der Waals surface area contributed by atoms with Gasteiger partial charge in [-0.05, 0) is 49.7 Å². The van der Waals surface area contributed by atoms with Crippen LogP contribution in [0.1, 0.15) is 51.5 Å². The topological polar surface area (TPSA) is 150 Å². The van der Waals surface area contributed by atoms with Crippen LogP contribution in [0.5, 0.6) is 0 Å². The predicted octanol–water partition coefficient (Wildman–Crippen LogP) is -0.821. The predicted molar refractivity (Wildman–Crippen MR) is 120 cm³/mol. The van der Waals surface area contributed by atoms with Crippen molar-refractivity contribution in [2.24, 2.45) is 11.1 Å². The van der Waals surface area contributed by atoms with Crippen molar-refractivity contribution in [3.63, 3.8) is 0 Å². The van der Waals surface area contributed by atoms with Gasteiger partial charge in [0, 0.05) is 18.3 Å². The average molecular weight is 445 g/mol. The molecule has 1 unspecified atom stereocenters. The van der Waals surface area contributed by atoms with E-state index in [0.29, 0.717) is 30.6 Å². The largest absolute Gasteiger partial charge is 0.393 e. The molecule has 0 bridgehead atoms. The second-order valence-corrected chi connectivity index (χ2v) is 9.59. The normalized spacial score (nSPS) is 24.6. The van der Waals surface area contributed by atoms with Crippen LogP contribution < -0.4 is 21.8 Å². The van der Waals surface area contributed by atoms with Crippen molar-refractivity contribution in [2.45, 2.75) is 64.1 Å². The SMILES string of the molecule is CC1(C)CC(NC(=O)[C@@H]2CCCN2C(=O)CNc2ccccc2C(=[NH2+])C(N)=O)C[C@@H](O)C1. The number of hydrogen-bond donors (Lipinski definition) is 5. The molecule has 1 aromatic rings. The van der Waals surface area contributed by atoms with E-state index in [1.165, 1.54) is 0 Å². The van der Waals surface area contributed by atoms with Crippen molar-refractivity contribution < 1.29 is 24.9 Å². The van der Waals surface area contributed by atoms with Gasteiger partial charge in [-0.1, -0.05) is 26.0 Å². The van der Waals surface area contributed by atoms with Crippen molar-refractivity contribution in [1.82, 2.24) is 10.2 Å². The molecule has 9 heteroatoms. The van der Waals surface area contributed by atoms with Crippen molar-refractivity contribution in [2.75, 3.05) is 18.4 Å². The van der Waals surface area contributed by atoms with Crippen LogP contribution in [0.15, 0.2) is 24.3 Å². The van der Waals surface area contributed by atoms with Crippen molar-refractivity contribution in [1.29, 1.82) is 0 Å². The molecule has 1 heterocycles. The molecule has 1 aromatic carbocycles. The zero-order valence-corrected chi connectivity index (χ0v) is 18.8. The number of hydrogen-bond acceptors (Lipinski definition) is 5. The summed E-state index contributed by atoms with van der Waals surface area (Å²) in [5.74, 6) is -1.12. The summed E-state index contributed by atoms with van der Waals surface area (Å²) in [6, 6.07) is 6.22. The highest BCUT2D eigenvalue weighted by atomic mass is 16.3. The fourth-order valence-corrected chi connectivity index (χ4v) is 4.91. The second-order valence-electron chi connectivity index (χ2n) is 9.59. The van der Waals surface area contributed by atoms with Gasteiger partial charge in [-0.3, -0.25) is 14.4 Å². The number of para-hydroxylation sites is 1. The maximum atomic E-state index is 13.0. The summed E-state index contributed by atoms with van der Waals surface area (Å²) in [4.78, 5) is 38.9. The molecule has 1 saturated carbocycles. The monoisotopic (exact) mass is 444 g/mol. The molecule has 2 fully saturated rings. The van der Waals surface area contributed by atoms with Gasteiger partial charge in [0.15, 0.2) is 0 Å². The summed E-state index contributed by atoms with van der Waals surface area (Å²) >= 11 is 0. The number of aliphatic hydroxyl groups excluding tert-OH is 1. The molecule has 2 aliphatic rings. The van der Waals surface area contributed by atoms with Crippen LogP contribution >= 0.6 is 0 Å². The van der Waals surface area contributed by atoms with E-state index in [-0.39, 0.29) is 35.5 Å². The third-order valence-electron chi connectivity index (χ3n) is 6.28. The van der Waals surface area contributed by atoms with Gasteiger partial charge in [-0.25, -0.2) is 5.41 Å². The molecule has 0 aromatic heterocycles. The van der Waals surface area contributed by atoms with E-state index in [4.69, 9.17) is 11.1 Å². The maximum absolute atomic E-state index is 13.0. The fourth-order valence-electron chi connectivity index (χ4n) is 4.91. The highest BCUT2D eigenvalue weighted by molar-refractivity contribution is 6.43. The lowest BCUT2D eigenvalue weighted by Crippen LogP contribution is -2.52. The third-order valence-corrected chi connectivity index (χ3v) is 6.28. The van der Waals surface area contributed by atoms with Crippen LogP contribution in [-0.2, 0) is 14.4 Å². The molecule has 1 aliphatic heterocycles. The van der Waals surface area contributed by atoms with E-state index < -0.39 is 18.1 Å². The van der Waals surface area contributed by atoms with E-state index in [9.17, 15) is 19.5 Å². The fraction of sp³-hybridized carbons (Fsp3) is 0.565. The number of aliphatic hydroxyl groups is 1. The summed E-state index contributed by atoms with van der Waals surface area (Å²) in [6.07, 6.45) is 2.98. The molecule has 32 heavy (non-hydrogen) atoms. The van der Waals surface area contributed by atoms with Crippen LogP contribution in [0.4, 0.5) is 5.69 Å². The lowest BCUT2D eigenvalue weighted by Gasteiger charge is -2.39. The standard InChI is InChI=1S/C23H33N5O4/c1-23(2)11-14(10-15(29)12-23)27-22(32)18-8-5-9-28(18)19(30)13-26-17-7-4-3-6-16(17)20(24)21(25)31/h3-4,6-7,14-15,18,24,26,29H,5,8-13H2,1-2H3,(H2,25,31)(H,27,32)/p+1/t14?,15-,18+/m1/s1. The molecule has 3 amide bonds. The minimum absolute atomic E-state index is 0.0397. The average Bonchev–Trinajstić information content (AvgIpc) is 3.20. The van der Waals surface area contributed by atoms with Crippen LogP contribution in [0, 0.1) is 5.41 Å². The van der Waals surface area contributed by atoms with Gasteiger partial charge in [-0.15, -0.1) is 0 Å². The molecule has 1 saturated heterocycles. The van der Waals surface area contributed by atoms with E-state index >= 15 is 0 Å². The van der Waals surface area contributed by atoms with Crippen LogP contribution in [0.25, 0.3) is 0 Å². The number of nitrogens with one attached hydrogen (secondary N) is 2. The zero-order chi connectivity index (χ0) is 23.5. The first kappa shape index (κ1) is 23.7. The number of carbonyl (C=O) groups excluding carboxylic acids is 3. The van der Waals surface area contributed by atoms with Gasteiger partial charge in [0.2, 0.25) is 11.8 Å². The van der Waals surface area contributed by atoms with E-state index in [0.717, 1.165) is 19.3 Å². The van der Waals surface area contributed by atoms with E-state index in [1.54, 1.807) is 29.2 Å². The number of rotatable bonds is 7. The van der Waals surface area contributed by atoms with Crippen LogP contribution in [0.2, 0.25) is 0 Å². The Morgan fingerprint density at radius 3 is 2.66 bits per heavy atom. The highest BCUT2D eigenvalue weighted by Crippen LogP contribution is 2.35. The quantitative estimate of drug-likeness (QED) is 0.348. The molecule has 3 rings (SSSR count). The van der Waals surface area contributed by atoms with Gasteiger partial charge >= 0.3 is 5.91 Å². The summed E-state index contributed by atoms with van der Waals surface area (Å²) in [5, 5.41) is 22.0. The number of carbonyl (C=O) groups is 3. The smallest absolute Gasteiger partial charge is 0.313 e. The Hall–Kier alpha value is -2.94. The highest BCUT2D eigenvalue weighted by Gasteiger charge is 2.38. The Bertz CT molecular complexity index is 900. The minimum Gasteiger partial charge on any atom is -0.393 e. The molecule has 3 atom stereocenters. The molecule has 7 N–H and O–H groups in total. The zero-order valence-electron chi connectivity index (χ0n) is 18.8. The lowest BCUT2D eigenvalue weighted by atomic mass is 9.74. The molecule has 9 nitrogen and oxygen atoms in total. The van der Waals surface area contributed by atoms with E-state index in [1.807, 2.05) is 0 Å². The van der Waals surface area contributed by atoms with Gasteiger partial charge in [0.25, 0.3) is 5.71 Å². The number of benzene rings is 1. The molecular weight excluding hydrogens is 410 g/mol. The Morgan fingerprint density at radius 1 is 1.25 bits per heavy atom. The van der Waals surface area contributed by atoms with E-state index in [2.05, 4.69) is 24.5 Å². The Balaban J connectivity index is 1.61. The van der Waals surface area contributed by atoms with Crippen molar-refractivity contribution >= 4 is 29.1 Å². The first-order valence-electron chi connectivity index (χ1n) is 11.1. The lowest BCUT2D eigenvalue weighted by molar-refractivity contribution is -0.137. The first-order valence-corrected chi connectivity index (χ1v) is 11.1. The number of amides is 3. The van der Waals surface area contributed by atoms with Crippen molar-refractivity contribution in [3.8, 4) is 0 Å². The van der Waals surface area contributed by atoms with Gasteiger partial charge in [0.05, 0.1) is 18.2 Å². The Kier molecular flexibility index (Phi) is 7.18. The maximum Gasteiger partial charge on any atom is 0.313 e. The summed E-state index contributed by atoms with van der Waals surface area (Å²) in [6.45, 7) is 4.65. The molecule has 0 spiro atoms. The second kappa shape index (κ2) is 9.68. The number of anilines is 1. The van der Waals surface area contributed by atoms with Gasteiger partial charge < -0.3 is 26.4 Å². The number of primary amides is 1. The van der Waals surface area contributed by atoms with Gasteiger partial charge in [-0.2, -0.15) is 0 Å². The Labute approximate surface area is 188 Å². The number of nitrogens with zero attached hydrogens (tertiary/aromatic N) is 1. The van der Waals surface area contributed by atoms with Crippen LogP contribution in [-0.4, -0.2) is 64.7 Å². The van der Waals surface area contributed by atoms with Gasteiger partial charge in [0.1, 0.15) is 6.04 Å².